The van der Waals surface area contributed by atoms with Gasteiger partial charge in [-0.15, -0.1) is 5.73 Å². The number of hydrogen-bond donors (Lipinski definition) is 0. The van der Waals surface area contributed by atoms with Crippen LogP contribution in [-0.4, -0.2) is 20.2 Å². The molecule has 0 fully saturated rings. The van der Waals surface area contributed by atoms with E-state index in [1.807, 2.05) is 6.07 Å². The minimum atomic E-state index is -0.563. The van der Waals surface area contributed by atoms with Crippen LogP contribution in [0, 0.1) is 0 Å². The van der Waals surface area contributed by atoms with Gasteiger partial charge in [-0.2, -0.15) is 0 Å². The second kappa shape index (κ2) is 8.96. The number of unbranched alkanes of at least 4 members (excludes halogenated alkanes) is 1. The van der Waals surface area contributed by atoms with Crippen molar-refractivity contribution in [3.05, 3.63) is 41.6 Å². The Balaban J connectivity index is 3.31. The summed E-state index contributed by atoms with van der Waals surface area (Å²) in [6, 6.07) is 5.41. The van der Waals surface area contributed by atoms with E-state index in [1.165, 1.54) is 6.92 Å². The highest BCUT2D eigenvalue weighted by Gasteiger charge is 2.24. The van der Waals surface area contributed by atoms with Gasteiger partial charge >= 0.3 is 5.97 Å². The Morgan fingerprint density at radius 3 is 2.55 bits per heavy atom. The van der Waals surface area contributed by atoms with Gasteiger partial charge in [0, 0.05) is 18.1 Å². The van der Waals surface area contributed by atoms with Crippen molar-refractivity contribution in [2.45, 2.75) is 39.2 Å². The van der Waals surface area contributed by atoms with Gasteiger partial charge in [0.15, 0.2) is 6.10 Å². The minimum absolute atomic E-state index is 0.362. The first-order valence-corrected chi connectivity index (χ1v) is 7.35. The highest BCUT2D eigenvalue weighted by atomic mass is 16.5. The number of esters is 1. The monoisotopic (exact) mass is 304 g/mol. The van der Waals surface area contributed by atoms with Crippen LogP contribution >= 0.6 is 0 Å². The second-order valence-corrected chi connectivity index (χ2v) is 4.90. The summed E-state index contributed by atoms with van der Waals surface area (Å²) in [5, 5.41) is 0. The molecule has 1 unspecified atom stereocenters. The Hall–Kier alpha value is -2.19. The van der Waals surface area contributed by atoms with Gasteiger partial charge in [0.1, 0.15) is 11.5 Å². The molecule has 0 N–H and O–H groups in total. The zero-order valence-corrected chi connectivity index (χ0v) is 13.8. The number of carbonyl (C=O) groups excluding carboxylic acids is 1. The Morgan fingerprint density at radius 1 is 1.32 bits per heavy atom. The van der Waals surface area contributed by atoms with E-state index < -0.39 is 6.10 Å². The van der Waals surface area contributed by atoms with E-state index in [0.29, 0.717) is 11.5 Å². The highest BCUT2D eigenvalue weighted by molar-refractivity contribution is 5.67. The molecule has 0 aliphatic heterocycles. The molecule has 0 aliphatic rings. The average molecular weight is 304 g/mol. The summed E-state index contributed by atoms with van der Waals surface area (Å²) >= 11 is 0. The van der Waals surface area contributed by atoms with Gasteiger partial charge in [0.25, 0.3) is 0 Å². The molecule has 0 radical (unpaired) electrons. The van der Waals surface area contributed by atoms with Crippen molar-refractivity contribution in [2.75, 3.05) is 14.2 Å². The first-order valence-electron chi connectivity index (χ1n) is 7.35. The smallest absolute Gasteiger partial charge is 0.303 e. The number of benzene rings is 1. The van der Waals surface area contributed by atoms with E-state index in [4.69, 9.17) is 14.2 Å². The molecule has 22 heavy (non-hydrogen) atoms. The number of carbonyl (C=O) groups is 1. The first-order chi connectivity index (χ1) is 10.6. The Bertz CT molecular complexity index is 556. The number of hydrogen-bond acceptors (Lipinski definition) is 4. The maximum atomic E-state index is 11.5. The molecule has 1 aromatic carbocycles. The molecule has 0 aliphatic carbocycles. The molecule has 0 amide bonds. The van der Waals surface area contributed by atoms with Crippen LogP contribution in [0.25, 0.3) is 0 Å². The Labute approximate surface area is 132 Å². The molecule has 0 saturated heterocycles. The van der Waals surface area contributed by atoms with E-state index in [-0.39, 0.29) is 5.97 Å². The predicted molar refractivity (Wildman–Crippen MR) is 86.2 cm³/mol. The van der Waals surface area contributed by atoms with Crippen molar-refractivity contribution < 1.29 is 19.0 Å². The van der Waals surface area contributed by atoms with Crippen LogP contribution in [0.1, 0.15) is 44.8 Å². The van der Waals surface area contributed by atoms with Crippen molar-refractivity contribution in [1.82, 2.24) is 0 Å². The normalized spacial score (nSPS) is 11.3. The molecule has 0 saturated carbocycles. The minimum Gasteiger partial charge on any atom is -0.497 e. The lowest BCUT2D eigenvalue weighted by molar-refractivity contribution is -0.145. The predicted octanol–water partition coefficient (Wildman–Crippen LogP) is 4.21. The fourth-order valence-electron chi connectivity index (χ4n) is 2.21. The van der Waals surface area contributed by atoms with Crippen molar-refractivity contribution in [1.29, 1.82) is 0 Å². The summed E-state index contributed by atoms with van der Waals surface area (Å²) in [6.45, 7) is 7.23. The van der Waals surface area contributed by atoms with E-state index in [0.717, 1.165) is 30.4 Å². The molecule has 1 atom stereocenters. The lowest BCUT2D eigenvalue weighted by Gasteiger charge is -2.22. The Kier molecular flexibility index (Phi) is 7.27. The van der Waals surface area contributed by atoms with Crippen molar-refractivity contribution >= 4 is 5.97 Å². The van der Waals surface area contributed by atoms with Crippen molar-refractivity contribution in [2.24, 2.45) is 0 Å². The molecule has 0 bridgehead atoms. The SMILES string of the molecule is C=C=C(CCCC)C(OC(C)=O)c1cc(OC)ccc1OC. The summed E-state index contributed by atoms with van der Waals surface area (Å²) in [5.41, 5.74) is 4.49. The topological polar surface area (TPSA) is 44.8 Å². The largest absolute Gasteiger partial charge is 0.497 e. The van der Waals surface area contributed by atoms with Gasteiger partial charge in [-0.1, -0.05) is 19.9 Å². The van der Waals surface area contributed by atoms with E-state index >= 15 is 0 Å². The van der Waals surface area contributed by atoms with E-state index in [1.54, 1.807) is 26.4 Å². The van der Waals surface area contributed by atoms with Crippen LogP contribution in [0.4, 0.5) is 0 Å². The fourth-order valence-corrected chi connectivity index (χ4v) is 2.21. The number of rotatable bonds is 8. The third-order valence-corrected chi connectivity index (χ3v) is 3.35. The fraction of sp³-hybridized carbons (Fsp3) is 0.444. The van der Waals surface area contributed by atoms with E-state index in [2.05, 4.69) is 19.2 Å². The second-order valence-electron chi connectivity index (χ2n) is 4.90. The quantitative estimate of drug-likeness (QED) is 0.533. The van der Waals surface area contributed by atoms with Gasteiger partial charge < -0.3 is 14.2 Å². The molecule has 0 spiro atoms. The lowest BCUT2D eigenvalue weighted by Crippen LogP contribution is -2.12. The van der Waals surface area contributed by atoms with E-state index in [9.17, 15) is 4.79 Å². The zero-order valence-electron chi connectivity index (χ0n) is 13.8. The van der Waals surface area contributed by atoms with Gasteiger partial charge in [-0.05, 0) is 31.0 Å². The molecule has 0 aromatic heterocycles. The van der Waals surface area contributed by atoms with Crippen LogP contribution in [-0.2, 0) is 9.53 Å². The van der Waals surface area contributed by atoms with Crippen LogP contribution in [0.15, 0.2) is 36.1 Å². The molecular formula is C18H24O4. The third-order valence-electron chi connectivity index (χ3n) is 3.35. The molecule has 1 rings (SSSR count). The average Bonchev–Trinajstić information content (AvgIpc) is 2.53. The van der Waals surface area contributed by atoms with Gasteiger partial charge in [-0.25, -0.2) is 0 Å². The van der Waals surface area contributed by atoms with Crippen molar-refractivity contribution in [3.8, 4) is 11.5 Å². The number of methoxy groups -OCH3 is 2. The molecule has 120 valence electrons. The summed E-state index contributed by atoms with van der Waals surface area (Å²) in [6.07, 6.45) is 2.21. The highest BCUT2D eigenvalue weighted by Crippen LogP contribution is 2.37. The summed E-state index contributed by atoms with van der Waals surface area (Å²) in [7, 11) is 3.17. The molecule has 0 heterocycles. The van der Waals surface area contributed by atoms with Gasteiger partial charge in [0.05, 0.1) is 14.2 Å². The van der Waals surface area contributed by atoms with Crippen molar-refractivity contribution in [3.63, 3.8) is 0 Å². The number of ether oxygens (including phenoxy) is 3. The molecular weight excluding hydrogens is 280 g/mol. The van der Waals surface area contributed by atoms with Gasteiger partial charge in [0.2, 0.25) is 0 Å². The maximum Gasteiger partial charge on any atom is 0.303 e. The first kappa shape index (κ1) is 17.9. The third kappa shape index (κ3) is 4.68. The van der Waals surface area contributed by atoms with Crippen LogP contribution in [0.3, 0.4) is 0 Å². The zero-order chi connectivity index (χ0) is 16.5. The maximum absolute atomic E-state index is 11.5. The molecule has 4 nitrogen and oxygen atoms in total. The summed E-state index contributed by atoms with van der Waals surface area (Å²) in [5.74, 6) is 0.947. The van der Waals surface area contributed by atoms with Crippen LogP contribution in [0.5, 0.6) is 11.5 Å². The summed E-state index contributed by atoms with van der Waals surface area (Å²) in [4.78, 5) is 11.5. The lowest BCUT2D eigenvalue weighted by atomic mass is 9.96. The van der Waals surface area contributed by atoms with Crippen LogP contribution < -0.4 is 9.47 Å². The Morgan fingerprint density at radius 2 is 2.05 bits per heavy atom. The van der Waals surface area contributed by atoms with Gasteiger partial charge in [-0.3, -0.25) is 4.79 Å². The van der Waals surface area contributed by atoms with Crippen LogP contribution in [0.2, 0.25) is 0 Å². The standard InChI is InChI=1S/C18H24O4/c1-6-8-9-14(7-2)18(22-13(3)19)16-12-15(20-4)10-11-17(16)21-5/h10-12,18H,2,6,8-9H2,1,3-5H3. The summed E-state index contributed by atoms with van der Waals surface area (Å²) < 4.78 is 16.2. The molecule has 1 aromatic rings. The molecule has 4 heteroatoms.